The molecule has 5 heteroatoms. The van der Waals surface area contributed by atoms with Gasteiger partial charge in [0.2, 0.25) is 0 Å². The van der Waals surface area contributed by atoms with Crippen molar-refractivity contribution in [3.05, 3.63) is 0 Å². The standard InChI is InChI=1S/C27H57ClO3Si/c1-4-7-10-13-16-19-24-29-32(27-22-23-28,30-25-20-17-14-11-8-5-2)31-26-21-18-15-12-9-6-3/h4-27H2,1-3H3. The smallest absolute Gasteiger partial charge is 0.373 e. The van der Waals surface area contributed by atoms with Gasteiger partial charge in [-0.1, -0.05) is 117 Å². The maximum absolute atomic E-state index is 6.46. The molecule has 0 amide bonds. The first-order chi connectivity index (χ1) is 15.7. The lowest BCUT2D eigenvalue weighted by Crippen LogP contribution is -2.46. The van der Waals surface area contributed by atoms with E-state index in [0.29, 0.717) is 5.88 Å². The number of unbranched alkanes of at least 4 members (excludes halogenated alkanes) is 15. The van der Waals surface area contributed by atoms with Crippen LogP contribution in [0.1, 0.15) is 143 Å². The van der Waals surface area contributed by atoms with Gasteiger partial charge in [-0.25, -0.2) is 0 Å². The Bertz CT molecular complexity index is 312. The van der Waals surface area contributed by atoms with Crippen LogP contribution in [-0.2, 0) is 13.3 Å². The van der Waals surface area contributed by atoms with Crippen LogP contribution in [0.2, 0.25) is 6.04 Å². The zero-order valence-corrected chi connectivity index (χ0v) is 23.8. The molecule has 32 heavy (non-hydrogen) atoms. The highest BCUT2D eigenvalue weighted by molar-refractivity contribution is 6.60. The fourth-order valence-electron chi connectivity index (χ4n) is 3.96. The molecule has 0 fully saturated rings. The minimum absolute atomic E-state index is 0.649. The fourth-order valence-corrected chi connectivity index (χ4v) is 6.97. The Labute approximate surface area is 208 Å². The van der Waals surface area contributed by atoms with Gasteiger partial charge in [0.05, 0.1) is 0 Å². The molecule has 0 N–H and O–H groups in total. The summed E-state index contributed by atoms with van der Waals surface area (Å²) >= 11 is 6.06. The van der Waals surface area contributed by atoms with Crippen molar-refractivity contribution in [1.82, 2.24) is 0 Å². The van der Waals surface area contributed by atoms with Crippen molar-refractivity contribution in [2.24, 2.45) is 0 Å². The highest BCUT2D eigenvalue weighted by Gasteiger charge is 2.40. The summed E-state index contributed by atoms with van der Waals surface area (Å²) < 4.78 is 19.4. The van der Waals surface area contributed by atoms with Crippen LogP contribution in [0.15, 0.2) is 0 Å². The van der Waals surface area contributed by atoms with Crippen LogP contribution in [0.25, 0.3) is 0 Å². The largest absolute Gasteiger partial charge is 0.500 e. The van der Waals surface area contributed by atoms with E-state index in [-0.39, 0.29) is 0 Å². The molecule has 0 aromatic rings. The maximum Gasteiger partial charge on any atom is 0.500 e. The summed E-state index contributed by atoms with van der Waals surface area (Å²) in [6.45, 7) is 9.11. The van der Waals surface area contributed by atoms with Crippen LogP contribution in [0, 0.1) is 0 Å². The van der Waals surface area contributed by atoms with E-state index >= 15 is 0 Å². The van der Waals surface area contributed by atoms with E-state index in [2.05, 4.69) is 20.8 Å². The zero-order valence-electron chi connectivity index (χ0n) is 22.1. The molecule has 3 nitrogen and oxygen atoms in total. The maximum atomic E-state index is 6.46. The predicted octanol–water partition coefficient (Wildman–Crippen LogP) is 9.69. The van der Waals surface area contributed by atoms with Gasteiger partial charge in [-0.2, -0.15) is 0 Å². The topological polar surface area (TPSA) is 27.7 Å². The number of alkyl halides is 1. The molecular formula is C27H57ClO3Si. The molecule has 0 aromatic heterocycles. The molecule has 0 bridgehead atoms. The third kappa shape index (κ3) is 21.0. The van der Waals surface area contributed by atoms with Crippen LogP contribution >= 0.6 is 11.6 Å². The second-order valence-electron chi connectivity index (χ2n) is 9.32. The molecule has 0 atom stereocenters. The van der Waals surface area contributed by atoms with Crippen LogP contribution in [-0.4, -0.2) is 34.5 Å². The minimum atomic E-state index is -2.63. The van der Waals surface area contributed by atoms with Crippen molar-refractivity contribution in [3.8, 4) is 0 Å². The van der Waals surface area contributed by atoms with Crippen molar-refractivity contribution < 1.29 is 13.3 Å². The van der Waals surface area contributed by atoms with Gasteiger partial charge in [0, 0.05) is 31.7 Å². The number of hydrogen-bond donors (Lipinski definition) is 0. The van der Waals surface area contributed by atoms with E-state index in [0.717, 1.165) is 51.5 Å². The summed E-state index contributed by atoms with van der Waals surface area (Å²) in [6.07, 6.45) is 23.9. The van der Waals surface area contributed by atoms with Crippen LogP contribution in [0.4, 0.5) is 0 Å². The lowest BCUT2D eigenvalue weighted by atomic mass is 10.1. The van der Waals surface area contributed by atoms with Gasteiger partial charge in [0.15, 0.2) is 0 Å². The van der Waals surface area contributed by atoms with E-state index in [1.165, 1.54) is 96.3 Å². The van der Waals surface area contributed by atoms with Gasteiger partial charge < -0.3 is 13.3 Å². The summed E-state index contributed by atoms with van der Waals surface area (Å²) in [4.78, 5) is 0. The highest BCUT2D eigenvalue weighted by atomic mass is 35.5. The highest BCUT2D eigenvalue weighted by Crippen LogP contribution is 2.22. The van der Waals surface area contributed by atoms with E-state index in [1.807, 2.05) is 0 Å². The molecule has 0 unspecified atom stereocenters. The molecule has 0 radical (unpaired) electrons. The molecule has 0 aliphatic heterocycles. The second kappa shape index (κ2) is 26.0. The Hall–Kier alpha value is 0.387. The number of rotatable bonds is 27. The van der Waals surface area contributed by atoms with Gasteiger partial charge in [-0.15, -0.1) is 11.6 Å². The average Bonchev–Trinajstić information content (AvgIpc) is 2.81. The van der Waals surface area contributed by atoms with E-state index in [1.54, 1.807) is 0 Å². The van der Waals surface area contributed by atoms with Gasteiger partial charge in [0.25, 0.3) is 0 Å². The first kappa shape index (κ1) is 32.4. The van der Waals surface area contributed by atoms with Crippen molar-refractivity contribution in [3.63, 3.8) is 0 Å². The summed E-state index contributed by atoms with van der Waals surface area (Å²) in [5.41, 5.74) is 0. The molecule has 0 aliphatic rings. The molecule has 194 valence electrons. The Morgan fingerprint density at radius 3 is 1.06 bits per heavy atom. The third-order valence-electron chi connectivity index (χ3n) is 6.08. The molecule has 0 spiro atoms. The third-order valence-corrected chi connectivity index (χ3v) is 9.24. The lowest BCUT2D eigenvalue weighted by molar-refractivity contribution is 0.0551. The first-order valence-electron chi connectivity index (χ1n) is 14.2. The Balaban J connectivity index is 4.51. The summed E-state index contributed by atoms with van der Waals surface area (Å²) in [7, 11) is -2.63. The number of halogens is 1. The Kier molecular flexibility index (Phi) is 26.3. The van der Waals surface area contributed by atoms with Crippen LogP contribution in [0.5, 0.6) is 0 Å². The van der Waals surface area contributed by atoms with Crippen molar-refractivity contribution in [2.45, 2.75) is 149 Å². The second-order valence-corrected chi connectivity index (χ2v) is 12.4. The van der Waals surface area contributed by atoms with Crippen molar-refractivity contribution in [1.29, 1.82) is 0 Å². The molecule has 0 saturated heterocycles. The van der Waals surface area contributed by atoms with Gasteiger partial charge in [-0.3, -0.25) is 0 Å². The van der Waals surface area contributed by atoms with Crippen molar-refractivity contribution in [2.75, 3.05) is 25.7 Å². The average molecular weight is 493 g/mol. The van der Waals surface area contributed by atoms with Gasteiger partial charge in [0.1, 0.15) is 0 Å². The van der Waals surface area contributed by atoms with Gasteiger partial charge >= 0.3 is 8.80 Å². The minimum Gasteiger partial charge on any atom is -0.373 e. The summed E-state index contributed by atoms with van der Waals surface area (Å²) in [5, 5.41) is 0. The first-order valence-corrected chi connectivity index (χ1v) is 16.7. The Morgan fingerprint density at radius 1 is 0.438 bits per heavy atom. The molecule has 0 heterocycles. The van der Waals surface area contributed by atoms with Crippen LogP contribution in [0.3, 0.4) is 0 Å². The Morgan fingerprint density at radius 2 is 0.750 bits per heavy atom. The molecule has 0 aromatic carbocycles. The van der Waals surface area contributed by atoms with E-state index in [9.17, 15) is 0 Å². The van der Waals surface area contributed by atoms with E-state index < -0.39 is 8.80 Å². The van der Waals surface area contributed by atoms with Crippen molar-refractivity contribution >= 4 is 20.4 Å². The molecule has 0 saturated carbocycles. The van der Waals surface area contributed by atoms with E-state index in [4.69, 9.17) is 24.9 Å². The van der Waals surface area contributed by atoms with Crippen LogP contribution < -0.4 is 0 Å². The molecular weight excluding hydrogens is 436 g/mol. The molecule has 0 aliphatic carbocycles. The zero-order chi connectivity index (χ0) is 23.6. The quantitative estimate of drug-likeness (QED) is 0.0648. The fraction of sp³-hybridized carbons (Fsp3) is 1.00. The SMILES string of the molecule is CCCCCCCCO[Si](CCCCl)(OCCCCCCCC)OCCCCCCCC. The number of hydrogen-bond acceptors (Lipinski definition) is 3. The molecule has 0 rings (SSSR count). The predicted molar refractivity (Wildman–Crippen MR) is 144 cm³/mol. The summed E-state index contributed by atoms with van der Waals surface area (Å²) in [6, 6.07) is 0.859. The van der Waals surface area contributed by atoms with Gasteiger partial charge in [-0.05, 0) is 25.7 Å². The summed E-state index contributed by atoms with van der Waals surface area (Å²) in [5.74, 6) is 0.649. The lowest BCUT2D eigenvalue weighted by Gasteiger charge is -2.30. The monoisotopic (exact) mass is 492 g/mol. The normalized spacial score (nSPS) is 12.0.